The first kappa shape index (κ1) is 20.0. The molecule has 0 spiro atoms. The minimum absolute atomic E-state index is 0.575. The number of benzene rings is 5. The minimum Gasteiger partial charge on any atom is -0.311 e. The van der Waals surface area contributed by atoms with Gasteiger partial charge in [-0.1, -0.05) is 91.0 Å². The lowest BCUT2D eigenvalue weighted by Gasteiger charge is -2.41. The second-order valence-corrected chi connectivity index (χ2v) is 11.2. The van der Waals surface area contributed by atoms with E-state index in [-0.39, 0.29) is 0 Å². The second-order valence-electron chi connectivity index (χ2n) is 8.60. The molecule has 5 aromatic rings. The number of hydrogen-bond acceptors (Lipinski definition) is 1. The van der Waals surface area contributed by atoms with Gasteiger partial charge in [0, 0.05) is 21.7 Å². The Balaban J connectivity index is 1.73. The van der Waals surface area contributed by atoms with Crippen LogP contribution in [0.4, 0.5) is 5.69 Å². The van der Waals surface area contributed by atoms with Gasteiger partial charge >= 0.3 is 0 Å². The van der Waals surface area contributed by atoms with Crippen LogP contribution in [0, 0.1) is 6.92 Å². The molecule has 0 radical (unpaired) electrons. The third kappa shape index (κ3) is 3.06. The average molecular weight is 446 g/mol. The highest BCUT2D eigenvalue weighted by molar-refractivity contribution is 7.80. The zero-order valence-corrected chi connectivity index (χ0v) is 19.4. The van der Waals surface area contributed by atoms with Gasteiger partial charge in [-0.25, -0.2) is 0 Å². The van der Waals surface area contributed by atoms with Gasteiger partial charge in [-0.3, -0.25) is 4.57 Å². The van der Waals surface area contributed by atoms with Crippen LogP contribution in [-0.2, 0) is 11.1 Å². The van der Waals surface area contributed by atoms with Crippen LogP contribution < -0.4 is 15.3 Å². The normalized spacial score (nSPS) is 16.9. The van der Waals surface area contributed by atoms with Gasteiger partial charge in [0.25, 0.3) is 0 Å². The third-order valence-corrected chi connectivity index (χ3v) is 9.69. The van der Waals surface area contributed by atoms with Crippen LogP contribution >= 0.6 is 7.29 Å². The summed E-state index contributed by atoms with van der Waals surface area (Å²) in [5.74, 6) is 0. The molecular weight excluding hydrogens is 421 g/mol. The summed E-state index contributed by atoms with van der Waals surface area (Å²) < 4.78 is 17.5. The number of anilines is 1. The van der Waals surface area contributed by atoms with Gasteiger partial charge in [0.05, 0.1) is 12.2 Å². The van der Waals surface area contributed by atoms with E-state index in [1.165, 1.54) is 16.3 Å². The highest BCUT2D eigenvalue weighted by atomic mass is 31.2. The largest absolute Gasteiger partial charge is 0.311 e. The standard InChI is InChI=1S/C30H24NOP/c1-22-11-10-18-28-29(22)30-26-17-9-8-14-24(26)19-20-27(30)31(21-23-12-4-2-5-13-23)33(28,32)25-15-6-3-7-16-25/h2-20H,21H2,1H3. The summed E-state index contributed by atoms with van der Waals surface area (Å²) in [5.41, 5.74) is 5.62. The lowest BCUT2D eigenvalue weighted by molar-refractivity contribution is 0.583. The Morgan fingerprint density at radius 1 is 0.667 bits per heavy atom. The first-order chi connectivity index (χ1) is 16.2. The summed E-state index contributed by atoms with van der Waals surface area (Å²) in [6.07, 6.45) is 0. The number of fused-ring (bicyclic) bond motifs is 5. The van der Waals surface area contributed by atoms with Crippen molar-refractivity contribution < 1.29 is 4.57 Å². The van der Waals surface area contributed by atoms with Crippen LogP contribution in [0.15, 0.2) is 115 Å². The maximum absolute atomic E-state index is 15.4. The maximum atomic E-state index is 15.4. The molecule has 0 aliphatic carbocycles. The van der Waals surface area contributed by atoms with Crippen LogP contribution in [-0.4, -0.2) is 0 Å². The Morgan fingerprint density at radius 2 is 1.36 bits per heavy atom. The Bertz CT molecular complexity index is 1530. The molecule has 0 saturated carbocycles. The average Bonchev–Trinajstić information content (AvgIpc) is 2.87. The van der Waals surface area contributed by atoms with E-state index in [0.29, 0.717) is 6.54 Å². The summed E-state index contributed by atoms with van der Waals surface area (Å²) in [6, 6.07) is 39.4. The number of aryl methyl sites for hydroxylation is 1. The van der Waals surface area contributed by atoms with Gasteiger partial charge in [-0.2, -0.15) is 0 Å². The van der Waals surface area contributed by atoms with Crippen molar-refractivity contribution in [3.05, 3.63) is 126 Å². The SMILES string of the molecule is Cc1cccc2c1-c1c(ccc3ccccc13)N(Cc1ccccc1)P2(=O)c1ccccc1. The van der Waals surface area contributed by atoms with Crippen LogP contribution in [0.25, 0.3) is 21.9 Å². The molecule has 5 aromatic carbocycles. The summed E-state index contributed by atoms with van der Waals surface area (Å²) in [5, 5.41) is 4.18. The first-order valence-electron chi connectivity index (χ1n) is 11.3. The van der Waals surface area contributed by atoms with E-state index < -0.39 is 7.29 Å². The predicted molar refractivity (Wildman–Crippen MR) is 140 cm³/mol. The molecule has 1 heterocycles. The van der Waals surface area contributed by atoms with Crippen molar-refractivity contribution in [1.82, 2.24) is 0 Å². The number of nitrogens with zero attached hydrogens (tertiary/aromatic N) is 1. The molecule has 6 rings (SSSR count). The molecule has 3 heteroatoms. The zero-order valence-electron chi connectivity index (χ0n) is 18.5. The zero-order chi connectivity index (χ0) is 22.4. The molecule has 0 bridgehead atoms. The Morgan fingerprint density at radius 3 is 2.15 bits per heavy atom. The van der Waals surface area contributed by atoms with Gasteiger partial charge in [-0.15, -0.1) is 0 Å². The molecule has 1 atom stereocenters. The first-order valence-corrected chi connectivity index (χ1v) is 12.9. The molecule has 1 aliphatic heterocycles. The van der Waals surface area contributed by atoms with Crippen molar-refractivity contribution in [2.45, 2.75) is 13.5 Å². The topological polar surface area (TPSA) is 20.3 Å². The van der Waals surface area contributed by atoms with E-state index in [2.05, 4.69) is 72.3 Å². The van der Waals surface area contributed by atoms with E-state index in [4.69, 9.17) is 0 Å². The Hall–Kier alpha value is -3.61. The number of rotatable bonds is 3. The fourth-order valence-electron chi connectivity index (χ4n) is 5.10. The molecule has 0 aromatic heterocycles. The maximum Gasteiger partial charge on any atom is 0.230 e. The lowest BCUT2D eigenvalue weighted by Crippen LogP contribution is -2.36. The molecule has 0 saturated heterocycles. The summed E-state index contributed by atoms with van der Waals surface area (Å²) >= 11 is 0. The molecule has 0 fully saturated rings. The van der Waals surface area contributed by atoms with Crippen molar-refractivity contribution in [3.63, 3.8) is 0 Å². The molecule has 1 aliphatic rings. The lowest BCUT2D eigenvalue weighted by atomic mass is 9.93. The van der Waals surface area contributed by atoms with E-state index in [1.807, 2.05) is 54.6 Å². The predicted octanol–water partition coefficient (Wildman–Crippen LogP) is 7.06. The van der Waals surface area contributed by atoms with E-state index in [0.717, 1.165) is 33.0 Å². The highest BCUT2D eigenvalue weighted by Crippen LogP contribution is 2.59. The van der Waals surface area contributed by atoms with Gasteiger partial charge in [-0.05, 0) is 53.1 Å². The van der Waals surface area contributed by atoms with Gasteiger partial charge in [0.1, 0.15) is 0 Å². The molecule has 0 N–H and O–H groups in total. The molecule has 0 amide bonds. The van der Waals surface area contributed by atoms with Crippen molar-refractivity contribution in [2.24, 2.45) is 0 Å². The monoisotopic (exact) mass is 445 g/mol. The van der Waals surface area contributed by atoms with Crippen molar-refractivity contribution in [3.8, 4) is 11.1 Å². The molecule has 160 valence electrons. The van der Waals surface area contributed by atoms with Gasteiger partial charge < -0.3 is 4.67 Å². The summed E-state index contributed by atoms with van der Waals surface area (Å²) in [7, 11) is -3.14. The fraction of sp³-hybridized carbons (Fsp3) is 0.0667. The minimum atomic E-state index is -3.14. The van der Waals surface area contributed by atoms with Crippen molar-refractivity contribution >= 4 is 34.4 Å². The molecule has 1 unspecified atom stereocenters. The second kappa shape index (κ2) is 7.76. The highest BCUT2D eigenvalue weighted by Gasteiger charge is 2.42. The third-order valence-electron chi connectivity index (χ3n) is 6.63. The van der Waals surface area contributed by atoms with Gasteiger partial charge in [0.2, 0.25) is 7.29 Å². The van der Waals surface area contributed by atoms with Crippen LogP contribution in [0.1, 0.15) is 11.1 Å². The summed E-state index contributed by atoms with van der Waals surface area (Å²) in [4.78, 5) is 0. The van der Waals surface area contributed by atoms with E-state index in [1.54, 1.807) is 0 Å². The summed E-state index contributed by atoms with van der Waals surface area (Å²) in [6.45, 7) is 2.71. The van der Waals surface area contributed by atoms with E-state index in [9.17, 15) is 0 Å². The van der Waals surface area contributed by atoms with Crippen LogP contribution in [0.5, 0.6) is 0 Å². The van der Waals surface area contributed by atoms with Crippen molar-refractivity contribution in [2.75, 3.05) is 4.67 Å². The Kier molecular flexibility index (Phi) is 4.71. The van der Waals surface area contributed by atoms with Gasteiger partial charge in [0.15, 0.2) is 0 Å². The Labute approximate surface area is 194 Å². The van der Waals surface area contributed by atoms with Crippen molar-refractivity contribution in [1.29, 1.82) is 0 Å². The van der Waals surface area contributed by atoms with Crippen LogP contribution in [0.2, 0.25) is 0 Å². The quantitative estimate of drug-likeness (QED) is 0.277. The molecular formula is C30H24NOP. The fourth-order valence-corrected chi connectivity index (χ4v) is 8.20. The molecule has 2 nitrogen and oxygen atoms in total. The number of hydrogen-bond donors (Lipinski definition) is 0. The smallest absolute Gasteiger partial charge is 0.230 e. The van der Waals surface area contributed by atoms with Crippen LogP contribution in [0.3, 0.4) is 0 Å². The molecule has 33 heavy (non-hydrogen) atoms. The van der Waals surface area contributed by atoms with E-state index >= 15 is 4.57 Å².